The van der Waals surface area contributed by atoms with E-state index in [1.165, 1.54) is 55.6 Å². The van der Waals surface area contributed by atoms with Crippen LogP contribution in [0.25, 0.3) is 0 Å². The van der Waals surface area contributed by atoms with Crippen LogP contribution in [0.4, 0.5) is 10.7 Å². The summed E-state index contributed by atoms with van der Waals surface area (Å²) in [4.78, 5) is 36.1. The average Bonchev–Trinajstić information content (AvgIpc) is 3.27. The first-order valence-electron chi connectivity index (χ1n) is 9.77. The van der Waals surface area contributed by atoms with E-state index in [1.807, 2.05) is 0 Å². The van der Waals surface area contributed by atoms with E-state index in [0.717, 1.165) is 11.3 Å². The largest absolute Gasteiger partial charge is 0.462 e. The number of amides is 2. The van der Waals surface area contributed by atoms with Gasteiger partial charge >= 0.3 is 5.97 Å². The quantitative estimate of drug-likeness (QED) is 0.418. The summed E-state index contributed by atoms with van der Waals surface area (Å²) in [6, 6.07) is 14.5. The molecule has 0 fully saturated rings. The van der Waals surface area contributed by atoms with Crippen LogP contribution < -0.4 is 15.4 Å². The number of carbonyl (C=O) groups is 3. The summed E-state index contributed by atoms with van der Waals surface area (Å²) < 4.78 is 32.6. The van der Waals surface area contributed by atoms with E-state index in [2.05, 4.69) is 15.4 Å². The van der Waals surface area contributed by atoms with Gasteiger partial charge in [-0.1, -0.05) is 0 Å². The molecule has 0 aliphatic heterocycles. The minimum atomic E-state index is -3.90. The van der Waals surface area contributed by atoms with E-state index >= 15 is 0 Å². The van der Waals surface area contributed by atoms with Crippen molar-refractivity contribution < 1.29 is 27.5 Å². The summed E-state index contributed by atoms with van der Waals surface area (Å²) in [5.74, 6) is -1.19. The van der Waals surface area contributed by atoms with E-state index in [0.29, 0.717) is 21.1 Å². The maximum Gasteiger partial charge on any atom is 0.348 e. The van der Waals surface area contributed by atoms with Gasteiger partial charge in [-0.2, -0.15) is 0 Å². The number of esters is 1. The topological polar surface area (TPSA) is 131 Å². The smallest absolute Gasteiger partial charge is 0.348 e. The van der Waals surface area contributed by atoms with Gasteiger partial charge in [0.2, 0.25) is 0 Å². The van der Waals surface area contributed by atoms with Crippen molar-refractivity contribution in [2.75, 3.05) is 23.7 Å². The molecule has 0 radical (unpaired) electrons. The summed E-state index contributed by atoms with van der Waals surface area (Å²) in [6.45, 7) is 1.96. The summed E-state index contributed by atoms with van der Waals surface area (Å²) >= 11 is 1.08. The van der Waals surface area contributed by atoms with Gasteiger partial charge < -0.3 is 15.4 Å². The van der Waals surface area contributed by atoms with Gasteiger partial charge in [-0.15, -0.1) is 11.3 Å². The van der Waals surface area contributed by atoms with Crippen LogP contribution in [0.2, 0.25) is 0 Å². The first-order valence-corrected chi connectivity index (χ1v) is 12.1. The molecule has 0 aliphatic rings. The number of benzene rings is 2. The second kappa shape index (κ2) is 10.3. The molecule has 33 heavy (non-hydrogen) atoms. The summed E-state index contributed by atoms with van der Waals surface area (Å²) in [5.41, 5.74) is 0.936. The van der Waals surface area contributed by atoms with E-state index < -0.39 is 21.9 Å². The zero-order chi connectivity index (χ0) is 24.0. The molecular weight excluding hydrogens is 466 g/mol. The lowest BCUT2D eigenvalue weighted by Crippen LogP contribution is -2.18. The Morgan fingerprint density at radius 3 is 2.09 bits per heavy atom. The normalized spacial score (nSPS) is 10.8. The van der Waals surface area contributed by atoms with Gasteiger partial charge in [0, 0.05) is 23.9 Å². The third-order valence-electron chi connectivity index (χ3n) is 4.37. The Bertz CT molecular complexity index is 1270. The number of thiophene rings is 1. The minimum absolute atomic E-state index is 0.0323. The van der Waals surface area contributed by atoms with E-state index in [9.17, 15) is 22.8 Å². The van der Waals surface area contributed by atoms with Crippen molar-refractivity contribution in [2.24, 2.45) is 0 Å². The molecule has 3 rings (SSSR count). The number of sulfonamides is 1. The van der Waals surface area contributed by atoms with E-state index in [4.69, 9.17) is 4.74 Å². The Labute approximate surface area is 194 Å². The maximum absolute atomic E-state index is 12.6. The van der Waals surface area contributed by atoms with Crippen LogP contribution in [0.1, 0.15) is 37.3 Å². The van der Waals surface area contributed by atoms with Crippen LogP contribution in [-0.4, -0.2) is 39.9 Å². The van der Waals surface area contributed by atoms with Gasteiger partial charge in [-0.3, -0.25) is 14.3 Å². The lowest BCUT2D eigenvalue weighted by atomic mass is 10.2. The highest BCUT2D eigenvalue weighted by atomic mass is 32.2. The molecule has 0 unspecified atom stereocenters. The van der Waals surface area contributed by atoms with Crippen molar-refractivity contribution in [3.05, 3.63) is 76.7 Å². The van der Waals surface area contributed by atoms with Crippen LogP contribution in [0, 0.1) is 0 Å². The first kappa shape index (κ1) is 24.0. The SMILES string of the molecule is CCOC(=O)c1ccc(NC(=O)c2ccc(S(=O)(=O)Nc3ccc(C(=O)NC)cc3)cc2)s1. The standard InChI is InChI=1S/C22H21N3O6S2/c1-3-31-22(28)18-12-13-19(32-18)24-21(27)15-6-10-17(11-7-15)33(29,30)25-16-8-4-14(5-9-16)20(26)23-2/h4-13,25H,3H2,1-2H3,(H,23,26)(H,24,27). The van der Waals surface area contributed by atoms with Gasteiger partial charge in [-0.05, 0) is 67.6 Å². The van der Waals surface area contributed by atoms with Crippen molar-refractivity contribution in [3.8, 4) is 0 Å². The molecule has 0 spiro atoms. The molecule has 1 aromatic heterocycles. The van der Waals surface area contributed by atoms with Crippen LogP contribution in [0.15, 0.2) is 65.6 Å². The lowest BCUT2D eigenvalue weighted by molar-refractivity contribution is 0.0531. The van der Waals surface area contributed by atoms with Gasteiger partial charge in [0.1, 0.15) is 4.88 Å². The molecule has 0 saturated carbocycles. The zero-order valence-corrected chi connectivity index (χ0v) is 19.4. The molecule has 0 atom stereocenters. The van der Waals surface area contributed by atoms with Gasteiger partial charge in [0.25, 0.3) is 21.8 Å². The van der Waals surface area contributed by atoms with E-state index in [1.54, 1.807) is 19.1 Å². The predicted molar refractivity (Wildman–Crippen MR) is 125 cm³/mol. The average molecular weight is 488 g/mol. The monoisotopic (exact) mass is 487 g/mol. The maximum atomic E-state index is 12.6. The van der Waals surface area contributed by atoms with Crippen molar-refractivity contribution in [1.29, 1.82) is 0 Å². The number of hydrogen-bond donors (Lipinski definition) is 3. The molecule has 11 heteroatoms. The lowest BCUT2D eigenvalue weighted by Gasteiger charge is -2.09. The fourth-order valence-corrected chi connectivity index (χ4v) is 4.59. The molecule has 0 aliphatic carbocycles. The molecule has 0 bridgehead atoms. The number of carbonyl (C=O) groups excluding carboxylic acids is 3. The zero-order valence-electron chi connectivity index (χ0n) is 17.7. The number of anilines is 2. The third kappa shape index (κ3) is 5.96. The third-order valence-corrected chi connectivity index (χ3v) is 6.75. The summed E-state index contributed by atoms with van der Waals surface area (Å²) in [6.07, 6.45) is 0. The van der Waals surface area contributed by atoms with Crippen LogP contribution in [0.5, 0.6) is 0 Å². The highest BCUT2D eigenvalue weighted by Crippen LogP contribution is 2.24. The van der Waals surface area contributed by atoms with Crippen molar-refractivity contribution in [2.45, 2.75) is 11.8 Å². The molecule has 1 heterocycles. The molecule has 2 amide bonds. The first-order chi connectivity index (χ1) is 15.7. The van der Waals surface area contributed by atoms with E-state index in [-0.39, 0.29) is 23.0 Å². The molecule has 0 saturated heterocycles. The van der Waals surface area contributed by atoms with Crippen molar-refractivity contribution >= 4 is 49.8 Å². The second-order valence-corrected chi connectivity index (χ2v) is 9.39. The van der Waals surface area contributed by atoms with Crippen molar-refractivity contribution in [3.63, 3.8) is 0 Å². The Hall–Kier alpha value is -3.70. The van der Waals surface area contributed by atoms with Crippen LogP contribution in [0.3, 0.4) is 0 Å². The number of rotatable bonds is 8. The van der Waals surface area contributed by atoms with Gasteiger partial charge in [0.05, 0.1) is 16.5 Å². The second-order valence-electron chi connectivity index (χ2n) is 6.62. The summed E-state index contributed by atoms with van der Waals surface area (Å²) in [7, 11) is -2.39. The highest BCUT2D eigenvalue weighted by molar-refractivity contribution is 7.92. The summed E-state index contributed by atoms with van der Waals surface area (Å²) in [5, 5.41) is 5.61. The number of hydrogen-bond acceptors (Lipinski definition) is 7. The number of nitrogens with one attached hydrogen (secondary N) is 3. The molecule has 9 nitrogen and oxygen atoms in total. The number of ether oxygens (including phenoxy) is 1. The highest BCUT2D eigenvalue weighted by Gasteiger charge is 2.17. The minimum Gasteiger partial charge on any atom is -0.462 e. The fraction of sp³-hybridized carbons (Fsp3) is 0.136. The van der Waals surface area contributed by atoms with Gasteiger partial charge in [-0.25, -0.2) is 13.2 Å². The molecule has 2 aromatic carbocycles. The Balaban J connectivity index is 1.66. The molecule has 3 aromatic rings. The Morgan fingerprint density at radius 1 is 0.879 bits per heavy atom. The Kier molecular flexibility index (Phi) is 7.46. The molecule has 3 N–H and O–H groups in total. The van der Waals surface area contributed by atoms with Crippen molar-refractivity contribution in [1.82, 2.24) is 5.32 Å². The van der Waals surface area contributed by atoms with Crippen LogP contribution in [-0.2, 0) is 14.8 Å². The Morgan fingerprint density at radius 2 is 1.48 bits per heavy atom. The van der Waals surface area contributed by atoms with Gasteiger partial charge in [0.15, 0.2) is 0 Å². The molecular formula is C22H21N3O6S2. The van der Waals surface area contributed by atoms with Crippen LogP contribution >= 0.6 is 11.3 Å². The predicted octanol–water partition coefficient (Wildman–Crippen LogP) is 3.34. The fourth-order valence-electron chi connectivity index (χ4n) is 2.73. The molecule has 172 valence electrons.